The average molecular weight is 415 g/mol. The van der Waals surface area contributed by atoms with Crippen LogP contribution in [0.1, 0.15) is 16.1 Å². The fourth-order valence-electron chi connectivity index (χ4n) is 3.42. The van der Waals surface area contributed by atoms with Gasteiger partial charge in [0.05, 0.1) is 30.7 Å². The molecule has 0 radical (unpaired) electrons. The molecule has 2 aromatic heterocycles. The van der Waals surface area contributed by atoms with Crippen molar-refractivity contribution in [3.8, 4) is 11.3 Å². The van der Waals surface area contributed by atoms with E-state index in [4.69, 9.17) is 4.98 Å². The minimum atomic E-state index is -0.424. The van der Waals surface area contributed by atoms with Crippen LogP contribution in [-0.2, 0) is 0 Å². The van der Waals surface area contributed by atoms with Crippen molar-refractivity contribution in [2.75, 3.05) is 13.1 Å². The van der Waals surface area contributed by atoms with Crippen LogP contribution in [0.15, 0.2) is 77.3 Å². The number of rotatable bonds is 4. The standard InChI is InChI=1S/C22H17N5O2S/c28-20(17-9-5-2-6-10-17)26-11-12-27(22(26)29)23-15-18-19(16-7-3-1-4-8-16)24-21-25(18)13-14-30-21/h1-10,13-15H,11-12H2/b23-15+. The maximum atomic E-state index is 12.7. The lowest BCUT2D eigenvalue weighted by Crippen LogP contribution is -2.34. The van der Waals surface area contributed by atoms with E-state index in [2.05, 4.69) is 5.10 Å². The summed E-state index contributed by atoms with van der Waals surface area (Å²) in [4.78, 5) is 32.2. The maximum absolute atomic E-state index is 12.7. The smallest absolute Gasteiger partial charge is 0.289 e. The van der Waals surface area contributed by atoms with Gasteiger partial charge in [-0.2, -0.15) is 5.10 Å². The molecule has 148 valence electrons. The van der Waals surface area contributed by atoms with E-state index in [1.807, 2.05) is 52.4 Å². The third kappa shape index (κ3) is 3.17. The van der Waals surface area contributed by atoms with Crippen molar-refractivity contribution in [1.29, 1.82) is 0 Å². The van der Waals surface area contributed by atoms with Crippen molar-refractivity contribution in [2.45, 2.75) is 0 Å². The lowest BCUT2D eigenvalue weighted by atomic mass is 10.1. The summed E-state index contributed by atoms with van der Waals surface area (Å²) in [5.41, 5.74) is 3.05. The number of hydrogen-bond donors (Lipinski definition) is 0. The summed E-state index contributed by atoms with van der Waals surface area (Å²) in [6.45, 7) is 0.649. The monoisotopic (exact) mass is 415 g/mol. The fraction of sp³-hybridized carbons (Fsp3) is 0.0909. The van der Waals surface area contributed by atoms with Gasteiger partial charge in [-0.1, -0.05) is 48.5 Å². The minimum Gasteiger partial charge on any atom is -0.289 e. The normalized spacial score (nSPS) is 14.3. The molecule has 5 rings (SSSR count). The topological polar surface area (TPSA) is 70.3 Å². The first-order valence-corrected chi connectivity index (χ1v) is 10.3. The molecule has 4 aromatic rings. The summed E-state index contributed by atoms with van der Waals surface area (Å²) >= 11 is 1.53. The molecule has 3 amide bonds. The van der Waals surface area contributed by atoms with Crippen molar-refractivity contribution in [3.05, 3.63) is 83.5 Å². The Labute approximate surface area is 176 Å². The van der Waals surface area contributed by atoms with Gasteiger partial charge < -0.3 is 0 Å². The van der Waals surface area contributed by atoms with E-state index in [1.165, 1.54) is 21.2 Å². The number of urea groups is 1. The molecule has 0 saturated carbocycles. The van der Waals surface area contributed by atoms with Crippen molar-refractivity contribution >= 4 is 34.5 Å². The quantitative estimate of drug-likeness (QED) is 0.474. The predicted octanol–water partition coefficient (Wildman–Crippen LogP) is 3.97. The Morgan fingerprint density at radius 3 is 2.53 bits per heavy atom. The zero-order valence-electron chi connectivity index (χ0n) is 15.9. The highest BCUT2D eigenvalue weighted by Crippen LogP contribution is 2.25. The van der Waals surface area contributed by atoms with Crippen LogP contribution < -0.4 is 0 Å². The number of aromatic nitrogens is 2. The molecule has 2 aromatic carbocycles. The molecule has 1 saturated heterocycles. The van der Waals surface area contributed by atoms with Crippen LogP contribution in [0.3, 0.4) is 0 Å². The maximum Gasteiger partial charge on any atom is 0.347 e. The van der Waals surface area contributed by atoms with Crippen LogP contribution in [0.5, 0.6) is 0 Å². The highest BCUT2D eigenvalue weighted by molar-refractivity contribution is 7.15. The number of nitrogens with zero attached hydrogens (tertiary/aromatic N) is 5. The second-order valence-electron chi connectivity index (χ2n) is 6.74. The highest BCUT2D eigenvalue weighted by Gasteiger charge is 2.33. The summed E-state index contributed by atoms with van der Waals surface area (Å²) in [5, 5.41) is 7.67. The van der Waals surface area contributed by atoms with Crippen LogP contribution in [-0.4, -0.2) is 50.5 Å². The molecule has 1 aliphatic heterocycles. The summed E-state index contributed by atoms with van der Waals surface area (Å²) in [6, 6.07) is 18.2. The molecular weight excluding hydrogens is 398 g/mol. The molecule has 0 aliphatic carbocycles. The Bertz CT molecular complexity index is 1250. The van der Waals surface area contributed by atoms with Gasteiger partial charge in [-0.25, -0.2) is 14.8 Å². The minimum absolute atomic E-state index is 0.301. The van der Waals surface area contributed by atoms with E-state index in [1.54, 1.807) is 30.5 Å². The number of hydrazone groups is 1. The summed E-state index contributed by atoms with van der Waals surface area (Å²) < 4.78 is 1.95. The molecule has 8 heteroatoms. The van der Waals surface area contributed by atoms with Gasteiger partial charge in [-0.05, 0) is 12.1 Å². The molecule has 0 unspecified atom stereocenters. The van der Waals surface area contributed by atoms with Crippen LogP contribution in [0, 0.1) is 0 Å². The Kier molecular flexibility index (Phi) is 4.61. The predicted molar refractivity (Wildman–Crippen MR) is 116 cm³/mol. The second kappa shape index (κ2) is 7.57. The van der Waals surface area contributed by atoms with Crippen molar-refractivity contribution in [1.82, 2.24) is 19.3 Å². The third-order valence-electron chi connectivity index (χ3n) is 4.92. The van der Waals surface area contributed by atoms with E-state index in [0.29, 0.717) is 18.7 Å². The van der Waals surface area contributed by atoms with Crippen LogP contribution in [0.2, 0.25) is 0 Å². The summed E-state index contributed by atoms with van der Waals surface area (Å²) in [6.07, 6.45) is 3.57. The molecule has 1 aliphatic rings. The number of thiazole rings is 1. The highest BCUT2D eigenvalue weighted by atomic mass is 32.1. The van der Waals surface area contributed by atoms with Crippen LogP contribution in [0.25, 0.3) is 16.2 Å². The first-order chi connectivity index (χ1) is 14.7. The lowest BCUT2D eigenvalue weighted by Gasteiger charge is -2.13. The number of imidazole rings is 1. The van der Waals surface area contributed by atoms with E-state index in [0.717, 1.165) is 21.9 Å². The van der Waals surface area contributed by atoms with Gasteiger partial charge in [0.15, 0.2) is 4.96 Å². The van der Waals surface area contributed by atoms with Gasteiger partial charge in [-0.15, -0.1) is 11.3 Å². The number of fused-ring (bicyclic) bond motifs is 1. The fourth-order valence-corrected chi connectivity index (χ4v) is 4.14. The van der Waals surface area contributed by atoms with Crippen molar-refractivity contribution in [2.24, 2.45) is 5.10 Å². The van der Waals surface area contributed by atoms with E-state index in [9.17, 15) is 9.59 Å². The zero-order chi connectivity index (χ0) is 20.5. The Balaban J connectivity index is 1.42. The number of imide groups is 1. The Morgan fingerprint density at radius 2 is 1.77 bits per heavy atom. The van der Waals surface area contributed by atoms with Gasteiger partial charge in [-0.3, -0.25) is 14.1 Å². The zero-order valence-corrected chi connectivity index (χ0v) is 16.7. The van der Waals surface area contributed by atoms with Crippen molar-refractivity contribution in [3.63, 3.8) is 0 Å². The second-order valence-corrected chi connectivity index (χ2v) is 7.61. The number of hydrogen-bond acceptors (Lipinski definition) is 5. The SMILES string of the molecule is O=C(c1ccccc1)N1CCN(/N=C/c2c(-c3ccccc3)nc3sccn23)C1=O. The Morgan fingerprint density at radius 1 is 1.03 bits per heavy atom. The lowest BCUT2D eigenvalue weighted by molar-refractivity contribution is 0.0822. The summed E-state index contributed by atoms with van der Waals surface area (Å²) in [5.74, 6) is -0.312. The molecule has 0 atom stereocenters. The molecule has 1 fully saturated rings. The van der Waals surface area contributed by atoms with Gasteiger partial charge in [0.25, 0.3) is 5.91 Å². The van der Waals surface area contributed by atoms with Gasteiger partial charge >= 0.3 is 6.03 Å². The van der Waals surface area contributed by atoms with Crippen LogP contribution in [0.4, 0.5) is 4.79 Å². The molecule has 30 heavy (non-hydrogen) atoms. The first kappa shape index (κ1) is 18.3. The van der Waals surface area contributed by atoms with E-state index < -0.39 is 6.03 Å². The van der Waals surface area contributed by atoms with Crippen LogP contribution >= 0.6 is 11.3 Å². The van der Waals surface area contributed by atoms with E-state index >= 15 is 0 Å². The number of carbonyl (C=O) groups excluding carboxylic acids is 2. The number of carbonyl (C=O) groups is 2. The molecule has 0 spiro atoms. The third-order valence-corrected chi connectivity index (χ3v) is 5.68. The first-order valence-electron chi connectivity index (χ1n) is 9.46. The molecule has 0 N–H and O–H groups in total. The van der Waals surface area contributed by atoms with Gasteiger partial charge in [0.2, 0.25) is 0 Å². The number of benzene rings is 2. The average Bonchev–Trinajstić information content (AvgIpc) is 3.48. The number of amides is 3. The molecule has 7 nitrogen and oxygen atoms in total. The summed E-state index contributed by atoms with van der Waals surface area (Å²) in [7, 11) is 0. The largest absolute Gasteiger partial charge is 0.347 e. The van der Waals surface area contributed by atoms with Crippen molar-refractivity contribution < 1.29 is 9.59 Å². The van der Waals surface area contributed by atoms with E-state index in [-0.39, 0.29) is 5.91 Å². The molecule has 0 bridgehead atoms. The van der Waals surface area contributed by atoms with Gasteiger partial charge in [0, 0.05) is 22.7 Å². The molecule has 3 heterocycles. The van der Waals surface area contributed by atoms with Gasteiger partial charge in [0.1, 0.15) is 0 Å². The Hall–Kier alpha value is -3.78. The molecular formula is C22H17N5O2S.